The molecule has 1 fully saturated rings. The molecule has 0 spiro atoms. The molecule has 7 nitrogen and oxygen atoms in total. The van der Waals surface area contributed by atoms with Gasteiger partial charge in [-0.25, -0.2) is 9.97 Å². The molecular weight excluding hydrogens is 368 g/mol. The molecule has 1 N–H and O–H groups in total. The van der Waals surface area contributed by atoms with Crippen LogP contribution in [0, 0.1) is 5.92 Å². The minimum atomic E-state index is -0.0164. The Balaban J connectivity index is 1.36. The maximum atomic E-state index is 12.6. The Hall–Kier alpha value is -3.06. The molecular formula is C22H24N4O3. The maximum Gasteiger partial charge on any atom is 0.235 e. The number of ether oxygens (including phenoxy) is 2. The van der Waals surface area contributed by atoms with Crippen molar-refractivity contribution in [3.63, 3.8) is 0 Å². The van der Waals surface area contributed by atoms with Crippen LogP contribution in [0.3, 0.4) is 0 Å². The number of pyridine rings is 1. The van der Waals surface area contributed by atoms with E-state index in [4.69, 9.17) is 9.47 Å². The van der Waals surface area contributed by atoms with Crippen molar-refractivity contribution in [2.45, 2.75) is 25.3 Å². The number of amides is 1. The van der Waals surface area contributed by atoms with Crippen LogP contribution in [0.15, 0.2) is 48.8 Å². The number of fused-ring (bicyclic) bond motifs is 1. The smallest absolute Gasteiger partial charge is 0.235 e. The molecule has 2 aromatic heterocycles. The monoisotopic (exact) mass is 392 g/mol. The van der Waals surface area contributed by atoms with E-state index >= 15 is 0 Å². The largest absolute Gasteiger partial charge is 0.480 e. The summed E-state index contributed by atoms with van der Waals surface area (Å²) in [5, 5.41) is 3.13. The van der Waals surface area contributed by atoms with E-state index in [0.717, 1.165) is 17.5 Å². The summed E-state index contributed by atoms with van der Waals surface area (Å²) in [4.78, 5) is 25.7. The maximum absolute atomic E-state index is 12.6. The van der Waals surface area contributed by atoms with Crippen molar-refractivity contribution in [2.24, 2.45) is 5.92 Å². The average Bonchev–Trinajstić information content (AvgIpc) is 3.18. The predicted molar refractivity (Wildman–Crippen MR) is 109 cm³/mol. The molecule has 7 heteroatoms. The number of nitrogens with zero attached hydrogens (tertiary/aromatic N) is 3. The Morgan fingerprint density at radius 3 is 2.66 bits per heavy atom. The molecule has 3 heterocycles. The van der Waals surface area contributed by atoms with Crippen LogP contribution >= 0.6 is 0 Å². The van der Waals surface area contributed by atoms with Crippen LogP contribution in [0.2, 0.25) is 0 Å². The summed E-state index contributed by atoms with van der Waals surface area (Å²) in [5.41, 5.74) is 3.47. The van der Waals surface area contributed by atoms with E-state index in [1.165, 1.54) is 5.56 Å². The third-order valence-electron chi connectivity index (χ3n) is 5.18. The lowest BCUT2D eigenvalue weighted by Gasteiger charge is -2.19. The van der Waals surface area contributed by atoms with Crippen molar-refractivity contribution in [1.29, 1.82) is 0 Å². The fourth-order valence-electron chi connectivity index (χ4n) is 3.64. The summed E-state index contributed by atoms with van der Waals surface area (Å²) >= 11 is 0. The number of aryl methyl sites for hydroxylation is 1. The summed E-state index contributed by atoms with van der Waals surface area (Å²) in [6.45, 7) is 1.19. The zero-order valence-electron chi connectivity index (χ0n) is 16.4. The van der Waals surface area contributed by atoms with Crippen molar-refractivity contribution >= 4 is 16.9 Å². The van der Waals surface area contributed by atoms with Crippen molar-refractivity contribution < 1.29 is 14.3 Å². The number of aromatic nitrogens is 3. The summed E-state index contributed by atoms with van der Waals surface area (Å²) in [6.07, 6.45) is 5.22. The Bertz CT molecular complexity index is 980. The molecule has 0 unspecified atom stereocenters. The number of rotatable bonds is 7. The van der Waals surface area contributed by atoms with Gasteiger partial charge in [0.1, 0.15) is 5.69 Å². The van der Waals surface area contributed by atoms with Gasteiger partial charge < -0.3 is 14.8 Å². The van der Waals surface area contributed by atoms with E-state index in [2.05, 4.69) is 20.3 Å². The molecule has 150 valence electrons. The molecule has 1 aromatic carbocycles. The summed E-state index contributed by atoms with van der Waals surface area (Å²) < 4.78 is 11.0. The molecule has 1 saturated heterocycles. The van der Waals surface area contributed by atoms with Gasteiger partial charge in [-0.05, 0) is 36.2 Å². The summed E-state index contributed by atoms with van der Waals surface area (Å²) in [7, 11) is 1.57. The Morgan fingerprint density at radius 1 is 1.14 bits per heavy atom. The first-order valence-corrected chi connectivity index (χ1v) is 9.78. The minimum Gasteiger partial charge on any atom is -0.480 e. The molecule has 1 aliphatic rings. The van der Waals surface area contributed by atoms with E-state index in [-0.39, 0.29) is 17.9 Å². The Morgan fingerprint density at radius 2 is 1.90 bits per heavy atom. The number of carbonyl (C=O) groups is 1. The second-order valence-electron chi connectivity index (χ2n) is 7.20. The predicted octanol–water partition coefficient (Wildman–Crippen LogP) is 2.34. The molecule has 1 amide bonds. The standard InChI is InChI=1S/C22H24N4O3/c1-28-22-19(24-17-4-2-3-5-18(17)26-22)6-7-21(27)25-20-14-29-13-16(20)12-15-8-10-23-11-9-15/h2-5,8-11,16,20H,6-7,12-14H2,1H3,(H,25,27)/t16-,20-/m1/s1. The van der Waals surface area contributed by atoms with Crippen LogP contribution in [-0.2, 0) is 22.4 Å². The zero-order chi connectivity index (χ0) is 20.1. The van der Waals surface area contributed by atoms with Crippen LogP contribution in [0.4, 0.5) is 0 Å². The normalized spacial score (nSPS) is 18.7. The van der Waals surface area contributed by atoms with Gasteiger partial charge in [0.2, 0.25) is 11.8 Å². The number of hydrogen-bond acceptors (Lipinski definition) is 6. The van der Waals surface area contributed by atoms with E-state index in [1.807, 2.05) is 36.4 Å². The number of hydrogen-bond donors (Lipinski definition) is 1. The second-order valence-corrected chi connectivity index (χ2v) is 7.20. The van der Waals surface area contributed by atoms with Gasteiger partial charge in [0.15, 0.2) is 0 Å². The van der Waals surface area contributed by atoms with Crippen molar-refractivity contribution in [2.75, 3.05) is 20.3 Å². The first kappa shape index (κ1) is 19.3. The fourth-order valence-corrected chi connectivity index (χ4v) is 3.64. The number of methoxy groups -OCH3 is 1. The van der Waals surface area contributed by atoms with E-state index in [1.54, 1.807) is 19.5 Å². The SMILES string of the molecule is COc1nc2ccccc2nc1CCC(=O)N[C@@H]1COC[C@H]1Cc1ccncc1. The van der Waals surface area contributed by atoms with Crippen LogP contribution < -0.4 is 10.1 Å². The van der Waals surface area contributed by atoms with Crippen LogP contribution in [0.1, 0.15) is 17.7 Å². The van der Waals surface area contributed by atoms with Gasteiger partial charge in [-0.15, -0.1) is 0 Å². The number of carbonyl (C=O) groups excluding carboxylic acids is 1. The molecule has 1 aliphatic heterocycles. The van der Waals surface area contributed by atoms with E-state index < -0.39 is 0 Å². The third kappa shape index (κ3) is 4.68. The van der Waals surface area contributed by atoms with Gasteiger partial charge in [-0.1, -0.05) is 12.1 Å². The first-order valence-electron chi connectivity index (χ1n) is 9.78. The molecule has 2 atom stereocenters. The van der Waals surface area contributed by atoms with Gasteiger partial charge in [0, 0.05) is 31.2 Å². The number of benzene rings is 1. The minimum absolute atomic E-state index is 0.0141. The highest BCUT2D eigenvalue weighted by atomic mass is 16.5. The topological polar surface area (TPSA) is 86.2 Å². The molecule has 0 bridgehead atoms. The Kier molecular flexibility index (Phi) is 5.95. The molecule has 0 saturated carbocycles. The zero-order valence-corrected chi connectivity index (χ0v) is 16.4. The fraction of sp³-hybridized carbons (Fsp3) is 0.364. The van der Waals surface area contributed by atoms with Crippen LogP contribution in [0.5, 0.6) is 5.88 Å². The lowest BCUT2D eigenvalue weighted by Crippen LogP contribution is -2.40. The highest BCUT2D eigenvalue weighted by Gasteiger charge is 2.29. The van der Waals surface area contributed by atoms with Crippen LogP contribution in [-0.4, -0.2) is 47.2 Å². The number of nitrogens with one attached hydrogen (secondary N) is 1. The van der Waals surface area contributed by atoms with Gasteiger partial charge in [-0.2, -0.15) is 0 Å². The first-order chi connectivity index (χ1) is 14.2. The van der Waals surface area contributed by atoms with Crippen molar-refractivity contribution in [3.8, 4) is 5.88 Å². The quantitative estimate of drug-likeness (QED) is 0.664. The van der Waals surface area contributed by atoms with Gasteiger partial charge >= 0.3 is 0 Å². The lowest BCUT2D eigenvalue weighted by atomic mass is 9.95. The van der Waals surface area contributed by atoms with Crippen LogP contribution in [0.25, 0.3) is 11.0 Å². The highest BCUT2D eigenvalue weighted by Crippen LogP contribution is 2.21. The van der Waals surface area contributed by atoms with Gasteiger partial charge in [-0.3, -0.25) is 9.78 Å². The van der Waals surface area contributed by atoms with E-state index in [9.17, 15) is 4.79 Å². The number of para-hydroxylation sites is 2. The van der Waals surface area contributed by atoms with E-state index in [0.29, 0.717) is 37.6 Å². The molecule has 0 aliphatic carbocycles. The van der Waals surface area contributed by atoms with Gasteiger partial charge in [0.25, 0.3) is 0 Å². The van der Waals surface area contributed by atoms with Crippen molar-refractivity contribution in [3.05, 3.63) is 60.0 Å². The second kappa shape index (κ2) is 8.96. The summed E-state index contributed by atoms with van der Waals surface area (Å²) in [6, 6.07) is 11.7. The third-order valence-corrected chi connectivity index (χ3v) is 5.18. The van der Waals surface area contributed by atoms with Crippen molar-refractivity contribution in [1.82, 2.24) is 20.3 Å². The van der Waals surface area contributed by atoms with Gasteiger partial charge in [0.05, 0.1) is 37.4 Å². The molecule has 4 rings (SSSR count). The molecule has 3 aromatic rings. The molecule has 29 heavy (non-hydrogen) atoms. The summed E-state index contributed by atoms with van der Waals surface area (Å²) in [5.74, 6) is 0.713. The highest BCUT2D eigenvalue weighted by molar-refractivity contribution is 5.77. The molecule has 0 radical (unpaired) electrons. The Labute approximate surface area is 169 Å². The lowest BCUT2D eigenvalue weighted by molar-refractivity contribution is -0.122. The average molecular weight is 392 g/mol.